The third-order valence-electron chi connectivity index (χ3n) is 2.44. The quantitative estimate of drug-likeness (QED) is 0.551. The van der Waals surface area contributed by atoms with Gasteiger partial charge in [-0.3, -0.25) is 0 Å². The van der Waals surface area contributed by atoms with Gasteiger partial charge in [0.15, 0.2) is 0 Å². The number of nitrogens with one attached hydrogen (secondary N) is 1. The second-order valence-electron chi connectivity index (χ2n) is 3.79. The Bertz CT molecular complexity index is 297. The minimum absolute atomic E-state index is 0.196. The van der Waals surface area contributed by atoms with Crippen LogP contribution in [0.25, 0.3) is 0 Å². The number of hydrogen-bond donors (Lipinski definition) is 1. The molecule has 1 rings (SSSR count). The van der Waals surface area contributed by atoms with E-state index >= 15 is 0 Å². The van der Waals surface area contributed by atoms with Gasteiger partial charge in [-0.15, -0.1) is 6.42 Å². The lowest BCUT2D eigenvalue weighted by molar-refractivity contribution is 0.597. The fourth-order valence-corrected chi connectivity index (χ4v) is 1.48. The Balaban J connectivity index is 2.06. The van der Waals surface area contributed by atoms with Crippen LogP contribution in [0.15, 0.2) is 30.3 Å². The minimum atomic E-state index is 0.196. The number of unbranched alkanes of at least 4 members (excludes halogenated alkanes) is 1. The van der Waals surface area contributed by atoms with E-state index < -0.39 is 0 Å². The van der Waals surface area contributed by atoms with Crippen LogP contribution in [-0.2, 0) is 6.42 Å². The lowest BCUT2D eigenvalue weighted by Gasteiger charge is -2.06. The maximum atomic E-state index is 5.27. The molecule has 0 radical (unpaired) electrons. The molecule has 1 nitrogen and oxygen atoms in total. The fraction of sp³-hybridized carbons (Fsp3) is 0.429. The first-order valence-corrected chi connectivity index (χ1v) is 5.56. The normalized spacial score (nSPS) is 12.0. The monoisotopic (exact) mass is 201 g/mol. The second-order valence-corrected chi connectivity index (χ2v) is 3.79. The molecule has 1 N–H and O–H groups in total. The van der Waals surface area contributed by atoms with Crippen LogP contribution < -0.4 is 5.32 Å². The van der Waals surface area contributed by atoms with E-state index in [4.69, 9.17) is 6.42 Å². The van der Waals surface area contributed by atoms with Gasteiger partial charge < -0.3 is 5.32 Å². The Morgan fingerprint density at radius 3 is 2.67 bits per heavy atom. The van der Waals surface area contributed by atoms with Gasteiger partial charge in [-0.05, 0) is 38.3 Å². The molecule has 0 bridgehead atoms. The molecule has 0 spiro atoms. The summed E-state index contributed by atoms with van der Waals surface area (Å²) < 4.78 is 0. The fourth-order valence-electron chi connectivity index (χ4n) is 1.48. The van der Waals surface area contributed by atoms with Crippen LogP contribution in [0.1, 0.15) is 25.3 Å². The predicted molar refractivity (Wildman–Crippen MR) is 65.7 cm³/mol. The zero-order chi connectivity index (χ0) is 10.9. The van der Waals surface area contributed by atoms with E-state index in [-0.39, 0.29) is 6.04 Å². The van der Waals surface area contributed by atoms with E-state index in [0.29, 0.717) is 0 Å². The average Bonchev–Trinajstić information content (AvgIpc) is 2.29. The smallest absolute Gasteiger partial charge is 0.0658 e. The molecule has 0 saturated carbocycles. The van der Waals surface area contributed by atoms with E-state index in [2.05, 4.69) is 41.6 Å². The maximum absolute atomic E-state index is 5.27. The van der Waals surface area contributed by atoms with E-state index in [1.807, 2.05) is 6.92 Å². The van der Waals surface area contributed by atoms with Crippen molar-refractivity contribution >= 4 is 0 Å². The van der Waals surface area contributed by atoms with Gasteiger partial charge in [0.25, 0.3) is 0 Å². The average molecular weight is 201 g/mol. The van der Waals surface area contributed by atoms with Gasteiger partial charge in [0.1, 0.15) is 0 Å². The molecule has 0 aromatic heterocycles. The molecule has 15 heavy (non-hydrogen) atoms. The molecule has 0 aliphatic heterocycles. The first-order chi connectivity index (χ1) is 7.33. The van der Waals surface area contributed by atoms with E-state index in [9.17, 15) is 0 Å². The largest absolute Gasteiger partial charge is 0.304 e. The van der Waals surface area contributed by atoms with Crippen molar-refractivity contribution in [3.8, 4) is 12.3 Å². The highest BCUT2D eigenvalue weighted by atomic mass is 14.9. The molecule has 0 aliphatic rings. The molecular weight excluding hydrogens is 182 g/mol. The van der Waals surface area contributed by atoms with Crippen molar-refractivity contribution in [2.24, 2.45) is 0 Å². The molecule has 0 amide bonds. The van der Waals surface area contributed by atoms with Crippen molar-refractivity contribution < 1.29 is 0 Å². The van der Waals surface area contributed by atoms with E-state index in [0.717, 1.165) is 13.0 Å². The predicted octanol–water partition coefficient (Wildman–Crippen LogP) is 2.62. The first-order valence-electron chi connectivity index (χ1n) is 5.56. The molecule has 1 aromatic carbocycles. The van der Waals surface area contributed by atoms with Crippen molar-refractivity contribution in [3.05, 3.63) is 35.9 Å². The Hall–Kier alpha value is -1.26. The van der Waals surface area contributed by atoms with Crippen LogP contribution in [0.3, 0.4) is 0 Å². The van der Waals surface area contributed by atoms with Crippen molar-refractivity contribution in [1.29, 1.82) is 0 Å². The molecular formula is C14H19N. The first kappa shape index (κ1) is 11.8. The van der Waals surface area contributed by atoms with Gasteiger partial charge in [-0.2, -0.15) is 0 Å². The summed E-state index contributed by atoms with van der Waals surface area (Å²) in [5.74, 6) is 2.66. The zero-order valence-corrected chi connectivity index (χ0v) is 9.37. The van der Waals surface area contributed by atoms with Crippen molar-refractivity contribution in [2.75, 3.05) is 6.54 Å². The van der Waals surface area contributed by atoms with Gasteiger partial charge in [0.05, 0.1) is 6.04 Å². The number of hydrogen-bond acceptors (Lipinski definition) is 1. The number of benzene rings is 1. The molecule has 0 heterocycles. The van der Waals surface area contributed by atoms with Gasteiger partial charge >= 0.3 is 0 Å². The lowest BCUT2D eigenvalue weighted by Crippen LogP contribution is -2.25. The molecule has 80 valence electrons. The summed E-state index contributed by atoms with van der Waals surface area (Å²) in [7, 11) is 0. The van der Waals surface area contributed by atoms with Gasteiger partial charge in [-0.25, -0.2) is 0 Å². The number of terminal acetylenes is 1. The molecule has 1 atom stereocenters. The minimum Gasteiger partial charge on any atom is -0.304 e. The molecule has 1 unspecified atom stereocenters. The molecule has 1 aromatic rings. The zero-order valence-electron chi connectivity index (χ0n) is 9.37. The van der Waals surface area contributed by atoms with Crippen molar-refractivity contribution in [3.63, 3.8) is 0 Å². The molecule has 1 heteroatoms. The highest BCUT2D eigenvalue weighted by Gasteiger charge is 1.95. The van der Waals surface area contributed by atoms with Crippen LogP contribution >= 0.6 is 0 Å². The Morgan fingerprint density at radius 1 is 1.27 bits per heavy atom. The Kier molecular flexibility index (Phi) is 5.58. The summed E-state index contributed by atoms with van der Waals surface area (Å²) in [6, 6.07) is 10.8. The van der Waals surface area contributed by atoms with Crippen LogP contribution in [0, 0.1) is 12.3 Å². The van der Waals surface area contributed by atoms with Crippen molar-refractivity contribution in [1.82, 2.24) is 5.32 Å². The topological polar surface area (TPSA) is 12.0 Å². The third-order valence-corrected chi connectivity index (χ3v) is 2.44. The number of rotatable bonds is 6. The summed E-state index contributed by atoms with van der Waals surface area (Å²) >= 11 is 0. The maximum Gasteiger partial charge on any atom is 0.0658 e. The van der Waals surface area contributed by atoms with Gasteiger partial charge in [-0.1, -0.05) is 36.3 Å². The summed E-state index contributed by atoms with van der Waals surface area (Å²) in [6.45, 7) is 3.02. The van der Waals surface area contributed by atoms with Crippen LogP contribution in [0.5, 0.6) is 0 Å². The van der Waals surface area contributed by atoms with Crippen LogP contribution in [0.4, 0.5) is 0 Å². The lowest BCUT2D eigenvalue weighted by atomic mass is 10.1. The van der Waals surface area contributed by atoms with E-state index in [1.54, 1.807) is 0 Å². The van der Waals surface area contributed by atoms with Gasteiger partial charge in [0.2, 0.25) is 0 Å². The Morgan fingerprint density at radius 2 is 2.00 bits per heavy atom. The third kappa shape index (κ3) is 5.24. The van der Waals surface area contributed by atoms with E-state index in [1.165, 1.54) is 18.4 Å². The standard InChI is InChI=1S/C14H19N/c1-3-13(2)15-12-8-7-11-14-9-5-4-6-10-14/h1,4-6,9-10,13,15H,7-8,11-12H2,2H3. The summed E-state index contributed by atoms with van der Waals surface area (Å²) in [6.07, 6.45) is 8.82. The van der Waals surface area contributed by atoms with Crippen LogP contribution in [0.2, 0.25) is 0 Å². The molecule has 0 fully saturated rings. The SMILES string of the molecule is C#CC(C)NCCCCc1ccccc1. The molecule has 0 aliphatic carbocycles. The highest BCUT2D eigenvalue weighted by Crippen LogP contribution is 2.03. The molecule has 0 saturated heterocycles. The summed E-state index contributed by atoms with van der Waals surface area (Å²) in [5, 5.41) is 3.28. The van der Waals surface area contributed by atoms with Crippen molar-refractivity contribution in [2.45, 2.75) is 32.2 Å². The summed E-state index contributed by atoms with van der Waals surface area (Å²) in [5.41, 5.74) is 1.42. The second kappa shape index (κ2) is 7.09. The Labute approximate surface area is 92.9 Å². The van der Waals surface area contributed by atoms with Crippen LogP contribution in [-0.4, -0.2) is 12.6 Å². The summed E-state index contributed by atoms with van der Waals surface area (Å²) in [4.78, 5) is 0. The van der Waals surface area contributed by atoms with Gasteiger partial charge in [0, 0.05) is 0 Å². The number of aryl methyl sites for hydroxylation is 1. The highest BCUT2D eigenvalue weighted by molar-refractivity contribution is 5.14.